The van der Waals surface area contributed by atoms with Crippen LogP contribution >= 0.6 is 0 Å². The average molecular weight is 313 g/mol. The Balaban J connectivity index is 1.94. The summed E-state index contributed by atoms with van der Waals surface area (Å²) in [6, 6.07) is 20.8. The predicted molar refractivity (Wildman–Crippen MR) is 103 cm³/mol. The van der Waals surface area contributed by atoms with Crippen LogP contribution in [0, 0.1) is 0 Å². The highest BCUT2D eigenvalue weighted by Crippen LogP contribution is 2.19. The Labute approximate surface area is 144 Å². The normalized spacial score (nSPS) is 12.2. The van der Waals surface area contributed by atoms with Crippen molar-refractivity contribution in [2.45, 2.75) is 26.2 Å². The number of benzene rings is 2. The van der Waals surface area contributed by atoms with Gasteiger partial charge in [0.2, 0.25) is 7.28 Å². The maximum absolute atomic E-state index is 4.54. The van der Waals surface area contributed by atoms with E-state index in [9.17, 15) is 0 Å². The maximum Gasteiger partial charge on any atom is 0.241 e. The summed E-state index contributed by atoms with van der Waals surface area (Å²) in [5.41, 5.74) is 5.57. The summed E-state index contributed by atoms with van der Waals surface area (Å²) in [5.74, 6) is 0. The van der Waals surface area contributed by atoms with Crippen LogP contribution in [0.3, 0.4) is 0 Å². The van der Waals surface area contributed by atoms with Gasteiger partial charge in [-0.15, -0.1) is 0 Å². The molecule has 1 radical (unpaired) electrons. The Morgan fingerprint density at radius 2 is 1.58 bits per heavy atom. The molecular formula is C21H22BN2. The van der Waals surface area contributed by atoms with Gasteiger partial charge in [0, 0.05) is 17.3 Å². The number of aromatic nitrogens is 2. The van der Waals surface area contributed by atoms with E-state index in [1.165, 1.54) is 11.1 Å². The Bertz CT molecular complexity index is 812. The molecule has 0 bridgehead atoms. The fourth-order valence-corrected chi connectivity index (χ4v) is 2.51. The van der Waals surface area contributed by atoms with E-state index in [1.807, 2.05) is 18.3 Å². The van der Waals surface area contributed by atoms with Crippen LogP contribution < -0.4 is 5.72 Å². The van der Waals surface area contributed by atoms with Crippen LogP contribution in [0.5, 0.6) is 0 Å². The van der Waals surface area contributed by atoms with E-state index >= 15 is 0 Å². The number of rotatable bonds is 4. The molecule has 0 atom stereocenters. The molecule has 3 rings (SSSR count). The summed E-state index contributed by atoms with van der Waals surface area (Å²) in [7, 11) is 2.11. The molecule has 3 aromatic rings. The molecule has 0 saturated carbocycles. The Hall–Kier alpha value is -2.55. The standard InChI is InChI=1S/C21H22BN2/c1-21(2,3)19-15-23-20(24-19)22-18(17-12-8-5-9-13-17)14-16-10-6-4-7-11-16/h4-15H,1-3H3,(H,23,24). The van der Waals surface area contributed by atoms with E-state index in [-0.39, 0.29) is 5.41 Å². The van der Waals surface area contributed by atoms with Crippen LogP contribution in [0.2, 0.25) is 0 Å². The van der Waals surface area contributed by atoms with E-state index in [1.54, 1.807) is 0 Å². The molecule has 0 spiro atoms. The summed E-state index contributed by atoms with van der Waals surface area (Å²) in [4.78, 5) is 7.97. The number of nitrogens with zero attached hydrogens (tertiary/aromatic N) is 1. The van der Waals surface area contributed by atoms with Gasteiger partial charge in [-0.2, -0.15) is 0 Å². The van der Waals surface area contributed by atoms with Crippen molar-refractivity contribution in [2.75, 3.05) is 0 Å². The highest BCUT2D eigenvalue weighted by Gasteiger charge is 2.17. The molecule has 119 valence electrons. The highest BCUT2D eigenvalue weighted by molar-refractivity contribution is 6.73. The molecule has 0 unspecified atom stereocenters. The van der Waals surface area contributed by atoms with Gasteiger partial charge in [-0.05, 0) is 11.1 Å². The largest absolute Gasteiger partial charge is 0.354 e. The Morgan fingerprint density at radius 1 is 0.958 bits per heavy atom. The number of H-pyrrole nitrogens is 1. The fraction of sp³-hybridized carbons (Fsp3) is 0.190. The van der Waals surface area contributed by atoms with Crippen molar-refractivity contribution in [1.82, 2.24) is 9.97 Å². The van der Waals surface area contributed by atoms with Gasteiger partial charge in [0.25, 0.3) is 0 Å². The van der Waals surface area contributed by atoms with Gasteiger partial charge < -0.3 is 4.98 Å². The summed E-state index contributed by atoms with van der Waals surface area (Å²) < 4.78 is 0. The predicted octanol–water partition coefficient (Wildman–Crippen LogP) is 4.24. The minimum atomic E-state index is 0.0646. The smallest absolute Gasteiger partial charge is 0.241 e. The SMILES string of the molecule is CC(C)(C)c1cnc([B]C(=Cc2ccccc2)c2ccccc2)[nH]1. The second-order valence-electron chi connectivity index (χ2n) is 6.95. The third-order valence-corrected chi connectivity index (χ3v) is 3.92. The topological polar surface area (TPSA) is 28.7 Å². The highest BCUT2D eigenvalue weighted by atomic mass is 14.9. The first-order valence-electron chi connectivity index (χ1n) is 8.25. The molecule has 0 aliphatic rings. The zero-order chi connectivity index (χ0) is 17.0. The number of aromatic amines is 1. The van der Waals surface area contributed by atoms with Crippen molar-refractivity contribution < 1.29 is 0 Å². The van der Waals surface area contributed by atoms with Crippen LogP contribution in [0.4, 0.5) is 0 Å². The van der Waals surface area contributed by atoms with Crippen molar-refractivity contribution in [1.29, 1.82) is 0 Å². The minimum absolute atomic E-state index is 0.0646. The molecular weight excluding hydrogens is 291 g/mol. The molecule has 0 aliphatic heterocycles. The van der Waals surface area contributed by atoms with Crippen LogP contribution in [-0.2, 0) is 5.41 Å². The quantitative estimate of drug-likeness (QED) is 0.566. The van der Waals surface area contributed by atoms with Gasteiger partial charge in [0.15, 0.2) is 0 Å². The second-order valence-corrected chi connectivity index (χ2v) is 6.95. The summed E-state index contributed by atoms with van der Waals surface area (Å²) in [5, 5.41) is 0. The van der Waals surface area contributed by atoms with Gasteiger partial charge in [0.05, 0.1) is 5.72 Å². The first kappa shape index (κ1) is 16.3. The lowest BCUT2D eigenvalue weighted by atomic mass is 9.65. The number of hydrogen-bond acceptors (Lipinski definition) is 1. The van der Waals surface area contributed by atoms with Crippen molar-refractivity contribution in [3.63, 3.8) is 0 Å². The van der Waals surface area contributed by atoms with Crippen molar-refractivity contribution in [3.05, 3.63) is 83.7 Å². The van der Waals surface area contributed by atoms with E-state index in [0.717, 1.165) is 16.9 Å². The second kappa shape index (κ2) is 6.92. The van der Waals surface area contributed by atoms with Crippen LogP contribution in [0.15, 0.2) is 66.9 Å². The number of imidazole rings is 1. The van der Waals surface area contributed by atoms with E-state index in [4.69, 9.17) is 0 Å². The third kappa shape index (κ3) is 4.05. The van der Waals surface area contributed by atoms with E-state index < -0.39 is 0 Å². The van der Waals surface area contributed by atoms with Gasteiger partial charge in [-0.25, -0.2) is 0 Å². The maximum atomic E-state index is 4.54. The van der Waals surface area contributed by atoms with Gasteiger partial charge in [-0.3, -0.25) is 4.98 Å². The molecule has 3 heteroatoms. The summed E-state index contributed by atoms with van der Waals surface area (Å²) in [6.45, 7) is 6.55. The van der Waals surface area contributed by atoms with Gasteiger partial charge in [-0.1, -0.05) is 93.0 Å². The van der Waals surface area contributed by atoms with Crippen LogP contribution in [0.1, 0.15) is 37.6 Å². The van der Waals surface area contributed by atoms with Crippen molar-refractivity contribution in [3.8, 4) is 0 Å². The Kier molecular flexibility index (Phi) is 4.70. The molecule has 2 aromatic carbocycles. The first-order valence-corrected chi connectivity index (χ1v) is 8.25. The van der Waals surface area contributed by atoms with Crippen LogP contribution in [0.25, 0.3) is 11.5 Å². The summed E-state index contributed by atoms with van der Waals surface area (Å²) in [6.07, 6.45) is 4.12. The zero-order valence-electron chi connectivity index (χ0n) is 14.5. The van der Waals surface area contributed by atoms with E-state index in [2.05, 4.69) is 92.6 Å². The van der Waals surface area contributed by atoms with Crippen molar-refractivity contribution >= 4 is 24.6 Å². The van der Waals surface area contributed by atoms with Gasteiger partial charge in [0.1, 0.15) is 0 Å². The molecule has 1 N–H and O–H groups in total. The van der Waals surface area contributed by atoms with Crippen LogP contribution in [-0.4, -0.2) is 17.2 Å². The molecule has 0 amide bonds. The Morgan fingerprint density at radius 3 is 2.17 bits per heavy atom. The number of hydrogen-bond donors (Lipinski definition) is 1. The first-order chi connectivity index (χ1) is 11.5. The van der Waals surface area contributed by atoms with E-state index in [0.29, 0.717) is 0 Å². The third-order valence-electron chi connectivity index (χ3n) is 3.92. The zero-order valence-corrected chi connectivity index (χ0v) is 14.5. The average Bonchev–Trinajstić information content (AvgIpc) is 3.05. The molecule has 1 aromatic heterocycles. The lowest BCUT2D eigenvalue weighted by Gasteiger charge is -2.15. The van der Waals surface area contributed by atoms with Crippen molar-refractivity contribution in [2.24, 2.45) is 0 Å². The monoisotopic (exact) mass is 313 g/mol. The molecule has 24 heavy (non-hydrogen) atoms. The lowest BCUT2D eigenvalue weighted by Crippen LogP contribution is -2.22. The summed E-state index contributed by atoms with van der Waals surface area (Å²) >= 11 is 0. The fourth-order valence-electron chi connectivity index (χ4n) is 2.51. The van der Waals surface area contributed by atoms with Gasteiger partial charge >= 0.3 is 0 Å². The molecule has 1 heterocycles. The molecule has 0 aliphatic carbocycles. The molecule has 0 saturated heterocycles. The molecule has 0 fully saturated rings. The number of nitrogens with one attached hydrogen (secondary N) is 1. The lowest BCUT2D eigenvalue weighted by molar-refractivity contribution is 0.573. The molecule has 2 nitrogen and oxygen atoms in total. The minimum Gasteiger partial charge on any atom is -0.354 e.